The second kappa shape index (κ2) is 4.94. The molecule has 1 aromatic carbocycles. The summed E-state index contributed by atoms with van der Waals surface area (Å²) in [6.07, 6.45) is 1.15. The predicted molar refractivity (Wildman–Crippen MR) is 73.9 cm³/mol. The van der Waals surface area contributed by atoms with Crippen LogP contribution in [0.25, 0.3) is 10.9 Å². The molecule has 1 N–H and O–H groups in total. The van der Waals surface area contributed by atoms with Gasteiger partial charge in [0.05, 0.1) is 12.1 Å². The van der Waals surface area contributed by atoms with Crippen molar-refractivity contribution in [3.05, 3.63) is 35.9 Å². The van der Waals surface area contributed by atoms with Crippen molar-refractivity contribution in [2.45, 2.75) is 13.3 Å². The Morgan fingerprint density at radius 2 is 2.28 bits per heavy atom. The number of rotatable bonds is 3. The van der Waals surface area contributed by atoms with Gasteiger partial charge in [0.25, 0.3) is 0 Å². The van der Waals surface area contributed by atoms with Gasteiger partial charge in [0.2, 0.25) is 0 Å². The molecule has 0 radical (unpaired) electrons. The van der Waals surface area contributed by atoms with E-state index in [-0.39, 0.29) is 0 Å². The average molecular weight is 242 g/mol. The third-order valence-corrected chi connectivity index (χ3v) is 3.50. The van der Waals surface area contributed by atoms with E-state index in [4.69, 9.17) is 4.74 Å². The normalized spacial score (nSPS) is 19.3. The van der Waals surface area contributed by atoms with E-state index in [1.807, 2.05) is 12.1 Å². The van der Waals surface area contributed by atoms with Crippen LogP contribution in [0.1, 0.15) is 12.0 Å². The molecule has 1 saturated heterocycles. The van der Waals surface area contributed by atoms with Gasteiger partial charge < -0.3 is 10.1 Å². The monoisotopic (exact) mass is 242 g/mol. The number of fused-ring (bicyclic) bond motifs is 1. The Labute approximate surface area is 107 Å². The number of hydrogen-bond acceptors (Lipinski definition) is 3. The molecule has 1 aliphatic rings. The first kappa shape index (κ1) is 11.5. The number of anilines is 1. The third kappa shape index (κ3) is 2.31. The van der Waals surface area contributed by atoms with Gasteiger partial charge >= 0.3 is 0 Å². The van der Waals surface area contributed by atoms with Crippen molar-refractivity contribution in [3.63, 3.8) is 0 Å². The molecule has 1 aromatic heterocycles. The van der Waals surface area contributed by atoms with E-state index < -0.39 is 0 Å². The molecule has 0 amide bonds. The van der Waals surface area contributed by atoms with E-state index in [0.717, 1.165) is 37.5 Å². The Morgan fingerprint density at radius 1 is 1.39 bits per heavy atom. The smallest absolute Gasteiger partial charge is 0.129 e. The summed E-state index contributed by atoms with van der Waals surface area (Å²) in [5.41, 5.74) is 2.25. The first-order valence-corrected chi connectivity index (χ1v) is 6.51. The third-order valence-electron chi connectivity index (χ3n) is 3.50. The van der Waals surface area contributed by atoms with Crippen LogP contribution < -0.4 is 5.32 Å². The minimum absolute atomic E-state index is 0.623. The van der Waals surface area contributed by atoms with E-state index in [1.165, 1.54) is 10.9 Å². The molecule has 1 aliphatic heterocycles. The van der Waals surface area contributed by atoms with E-state index in [9.17, 15) is 0 Å². The number of ether oxygens (including phenoxy) is 1. The molecule has 0 bridgehead atoms. The molecule has 1 fully saturated rings. The topological polar surface area (TPSA) is 34.2 Å². The lowest BCUT2D eigenvalue weighted by Gasteiger charge is -2.12. The fourth-order valence-electron chi connectivity index (χ4n) is 2.39. The van der Waals surface area contributed by atoms with Crippen molar-refractivity contribution in [1.29, 1.82) is 0 Å². The van der Waals surface area contributed by atoms with Crippen molar-refractivity contribution in [3.8, 4) is 0 Å². The number of nitrogens with one attached hydrogen (secondary N) is 1. The molecular formula is C15H18N2O. The number of benzene rings is 1. The molecule has 3 rings (SSSR count). The number of hydrogen-bond donors (Lipinski definition) is 1. The Bertz CT molecular complexity index is 547. The van der Waals surface area contributed by atoms with Crippen LogP contribution in [0.3, 0.4) is 0 Å². The van der Waals surface area contributed by atoms with E-state index >= 15 is 0 Å². The summed E-state index contributed by atoms with van der Waals surface area (Å²) in [7, 11) is 0. The zero-order chi connectivity index (χ0) is 12.4. The number of para-hydroxylation sites is 1. The van der Waals surface area contributed by atoms with Gasteiger partial charge in [-0.2, -0.15) is 0 Å². The fraction of sp³-hybridized carbons (Fsp3) is 0.400. The van der Waals surface area contributed by atoms with Gasteiger partial charge in [-0.15, -0.1) is 0 Å². The van der Waals surface area contributed by atoms with Gasteiger partial charge in [-0.05, 0) is 31.0 Å². The Morgan fingerprint density at radius 3 is 3.11 bits per heavy atom. The summed E-state index contributed by atoms with van der Waals surface area (Å²) in [5.74, 6) is 1.62. The van der Waals surface area contributed by atoms with Crippen LogP contribution in [0.4, 0.5) is 5.82 Å². The highest BCUT2D eigenvalue weighted by Crippen LogP contribution is 2.20. The van der Waals surface area contributed by atoms with Gasteiger partial charge in [-0.3, -0.25) is 0 Å². The maximum absolute atomic E-state index is 5.39. The van der Waals surface area contributed by atoms with Gasteiger partial charge in [-0.25, -0.2) is 4.98 Å². The molecule has 2 aromatic rings. The summed E-state index contributed by atoms with van der Waals surface area (Å²) in [4.78, 5) is 4.68. The Balaban J connectivity index is 1.80. The molecule has 0 aliphatic carbocycles. The largest absolute Gasteiger partial charge is 0.381 e. The van der Waals surface area contributed by atoms with Gasteiger partial charge in [-0.1, -0.05) is 18.2 Å². The van der Waals surface area contributed by atoms with Crippen molar-refractivity contribution >= 4 is 16.7 Å². The molecule has 1 unspecified atom stereocenters. The van der Waals surface area contributed by atoms with Crippen LogP contribution in [-0.2, 0) is 4.74 Å². The summed E-state index contributed by atoms with van der Waals surface area (Å²) in [5, 5.41) is 4.65. The van der Waals surface area contributed by atoms with Crippen LogP contribution in [0, 0.1) is 12.8 Å². The average Bonchev–Trinajstić information content (AvgIpc) is 2.89. The summed E-state index contributed by atoms with van der Waals surface area (Å²) < 4.78 is 5.39. The zero-order valence-electron chi connectivity index (χ0n) is 10.6. The quantitative estimate of drug-likeness (QED) is 0.898. The van der Waals surface area contributed by atoms with Crippen LogP contribution in [0.2, 0.25) is 0 Å². The fourth-order valence-corrected chi connectivity index (χ4v) is 2.39. The highest BCUT2D eigenvalue weighted by Gasteiger charge is 2.15. The zero-order valence-corrected chi connectivity index (χ0v) is 10.6. The summed E-state index contributed by atoms with van der Waals surface area (Å²) in [6.45, 7) is 4.83. The van der Waals surface area contributed by atoms with E-state index in [1.54, 1.807) is 0 Å². The summed E-state index contributed by atoms with van der Waals surface area (Å²) in [6, 6.07) is 10.4. The van der Waals surface area contributed by atoms with Gasteiger partial charge in [0, 0.05) is 24.5 Å². The second-order valence-corrected chi connectivity index (χ2v) is 4.96. The molecule has 1 atom stereocenters. The number of nitrogens with zero attached hydrogens (tertiary/aromatic N) is 1. The van der Waals surface area contributed by atoms with Crippen LogP contribution in [-0.4, -0.2) is 24.7 Å². The predicted octanol–water partition coefficient (Wildman–Crippen LogP) is 2.99. The standard InChI is InChI=1S/C15H18N2O/c1-11-8-13-4-2-3-5-14(13)17-15(11)16-9-12-6-7-18-10-12/h2-5,8,12H,6-7,9-10H2,1H3,(H,16,17). The highest BCUT2D eigenvalue weighted by atomic mass is 16.5. The van der Waals surface area contributed by atoms with Crippen LogP contribution >= 0.6 is 0 Å². The van der Waals surface area contributed by atoms with Crippen LogP contribution in [0.5, 0.6) is 0 Å². The number of aryl methyl sites for hydroxylation is 1. The van der Waals surface area contributed by atoms with Crippen molar-refractivity contribution in [1.82, 2.24) is 4.98 Å². The highest BCUT2D eigenvalue weighted by molar-refractivity contribution is 5.81. The number of aromatic nitrogens is 1. The lowest BCUT2D eigenvalue weighted by Crippen LogP contribution is -2.15. The minimum Gasteiger partial charge on any atom is -0.381 e. The lowest BCUT2D eigenvalue weighted by molar-refractivity contribution is 0.187. The lowest BCUT2D eigenvalue weighted by atomic mass is 10.1. The van der Waals surface area contributed by atoms with Gasteiger partial charge in [0.1, 0.15) is 5.82 Å². The van der Waals surface area contributed by atoms with Crippen molar-refractivity contribution in [2.75, 3.05) is 25.1 Å². The molecule has 2 heterocycles. The first-order chi connectivity index (χ1) is 8.83. The maximum Gasteiger partial charge on any atom is 0.129 e. The van der Waals surface area contributed by atoms with Crippen molar-refractivity contribution < 1.29 is 4.74 Å². The van der Waals surface area contributed by atoms with E-state index in [0.29, 0.717) is 5.92 Å². The van der Waals surface area contributed by atoms with Gasteiger partial charge in [0.15, 0.2) is 0 Å². The van der Waals surface area contributed by atoms with Crippen LogP contribution in [0.15, 0.2) is 30.3 Å². The maximum atomic E-state index is 5.39. The summed E-state index contributed by atoms with van der Waals surface area (Å²) >= 11 is 0. The molecule has 3 nitrogen and oxygen atoms in total. The molecule has 18 heavy (non-hydrogen) atoms. The molecule has 0 spiro atoms. The second-order valence-electron chi connectivity index (χ2n) is 4.96. The molecule has 3 heteroatoms. The van der Waals surface area contributed by atoms with E-state index in [2.05, 4.69) is 35.4 Å². The number of pyridine rings is 1. The molecule has 94 valence electrons. The molecule has 0 saturated carbocycles. The van der Waals surface area contributed by atoms with Crippen molar-refractivity contribution in [2.24, 2.45) is 5.92 Å². The Kier molecular flexibility index (Phi) is 3.15. The minimum atomic E-state index is 0.623. The molecular weight excluding hydrogens is 224 g/mol. The SMILES string of the molecule is Cc1cc2ccccc2nc1NCC1CCOC1. The Hall–Kier alpha value is -1.61. The first-order valence-electron chi connectivity index (χ1n) is 6.51.